The Morgan fingerprint density at radius 3 is 2.89 bits per heavy atom. The summed E-state index contributed by atoms with van der Waals surface area (Å²) in [6.45, 7) is 4.15. The van der Waals surface area contributed by atoms with E-state index in [9.17, 15) is 4.79 Å². The first-order valence-electron chi connectivity index (χ1n) is 6.67. The summed E-state index contributed by atoms with van der Waals surface area (Å²) < 4.78 is 0. The van der Waals surface area contributed by atoms with Crippen molar-refractivity contribution in [3.8, 4) is 0 Å². The highest BCUT2D eigenvalue weighted by Crippen LogP contribution is 2.32. The van der Waals surface area contributed by atoms with Crippen LogP contribution in [0.5, 0.6) is 0 Å². The second-order valence-electron chi connectivity index (χ2n) is 5.12. The number of amides is 1. The van der Waals surface area contributed by atoms with Crippen molar-refractivity contribution in [2.24, 2.45) is 5.92 Å². The number of carbonyl (C=O) groups excluding carboxylic acids is 1. The summed E-state index contributed by atoms with van der Waals surface area (Å²) in [5.41, 5.74) is 7.25. The second kappa shape index (κ2) is 5.38. The fourth-order valence-corrected chi connectivity index (χ4v) is 2.13. The molecule has 1 atom stereocenters. The number of nitrogens with zero attached hydrogens (tertiary/aromatic N) is 1. The van der Waals surface area contributed by atoms with Gasteiger partial charge in [0.15, 0.2) is 0 Å². The molecule has 1 unspecified atom stereocenters. The van der Waals surface area contributed by atoms with Crippen LogP contribution in [-0.4, -0.2) is 16.9 Å². The smallest absolute Gasteiger partial charge is 0.251 e. The quantitative estimate of drug-likeness (QED) is 0.837. The van der Waals surface area contributed by atoms with Gasteiger partial charge in [0.05, 0.1) is 0 Å². The molecule has 0 bridgehead atoms. The fourth-order valence-electron chi connectivity index (χ4n) is 2.13. The van der Waals surface area contributed by atoms with Gasteiger partial charge in [-0.25, -0.2) is 4.98 Å². The number of nitrogens with two attached hydrogens (primary N) is 1. The molecule has 1 amide bonds. The Kier molecular flexibility index (Phi) is 3.84. The third kappa shape index (κ3) is 3.22. The normalized spacial score (nSPS) is 16.3. The number of aromatic nitrogens is 1. The summed E-state index contributed by atoms with van der Waals surface area (Å²) in [6, 6.07) is 3.74. The van der Waals surface area contributed by atoms with Gasteiger partial charge in [-0.05, 0) is 44.2 Å². The maximum atomic E-state index is 12.1. The number of rotatable bonds is 5. The molecule has 0 radical (unpaired) electrons. The van der Waals surface area contributed by atoms with Gasteiger partial charge in [-0.1, -0.05) is 13.3 Å². The monoisotopic (exact) mass is 247 g/mol. The van der Waals surface area contributed by atoms with Crippen molar-refractivity contribution < 1.29 is 4.79 Å². The number of nitrogens with one attached hydrogen (secondary N) is 1. The van der Waals surface area contributed by atoms with E-state index in [1.165, 1.54) is 12.8 Å². The van der Waals surface area contributed by atoms with Gasteiger partial charge >= 0.3 is 0 Å². The number of hydrogen-bond donors (Lipinski definition) is 2. The van der Waals surface area contributed by atoms with Crippen LogP contribution in [0.15, 0.2) is 12.1 Å². The van der Waals surface area contributed by atoms with Crippen molar-refractivity contribution >= 4 is 11.7 Å². The van der Waals surface area contributed by atoms with Gasteiger partial charge in [0, 0.05) is 17.3 Å². The number of nitrogen functional groups attached to an aromatic ring is 1. The first kappa shape index (κ1) is 12.9. The van der Waals surface area contributed by atoms with Crippen LogP contribution >= 0.6 is 0 Å². The molecule has 1 aromatic rings. The first-order chi connectivity index (χ1) is 8.60. The van der Waals surface area contributed by atoms with E-state index in [0.29, 0.717) is 17.3 Å². The highest BCUT2D eigenvalue weighted by Gasteiger charge is 2.29. The molecule has 2 rings (SSSR count). The van der Waals surface area contributed by atoms with Crippen LogP contribution in [0.2, 0.25) is 0 Å². The zero-order chi connectivity index (χ0) is 13.1. The van der Waals surface area contributed by atoms with Gasteiger partial charge < -0.3 is 11.1 Å². The summed E-state index contributed by atoms with van der Waals surface area (Å²) in [7, 11) is 0. The number of carbonyl (C=O) groups is 1. The molecule has 98 valence electrons. The minimum Gasteiger partial charge on any atom is -0.384 e. The maximum absolute atomic E-state index is 12.1. The molecule has 1 fully saturated rings. The zero-order valence-electron chi connectivity index (χ0n) is 11.1. The van der Waals surface area contributed by atoms with Crippen molar-refractivity contribution in [3.05, 3.63) is 23.4 Å². The molecule has 0 aromatic carbocycles. The van der Waals surface area contributed by atoms with Crippen molar-refractivity contribution in [2.45, 2.75) is 45.6 Å². The average Bonchev–Trinajstić information content (AvgIpc) is 3.12. The Morgan fingerprint density at radius 2 is 2.28 bits per heavy atom. The second-order valence-corrected chi connectivity index (χ2v) is 5.12. The molecular formula is C14H21N3O. The lowest BCUT2D eigenvalue weighted by Crippen LogP contribution is -2.34. The van der Waals surface area contributed by atoms with E-state index in [4.69, 9.17) is 5.73 Å². The lowest BCUT2D eigenvalue weighted by Gasteiger charge is -2.13. The summed E-state index contributed by atoms with van der Waals surface area (Å²) in [4.78, 5) is 16.3. The van der Waals surface area contributed by atoms with Crippen LogP contribution < -0.4 is 11.1 Å². The molecule has 0 spiro atoms. The molecule has 1 aliphatic carbocycles. The SMILES string of the molecule is CCCc1cc(C(=O)NC(C)C2CC2)cc(N)n1. The molecule has 4 nitrogen and oxygen atoms in total. The minimum atomic E-state index is -0.0409. The fraction of sp³-hybridized carbons (Fsp3) is 0.571. The third-order valence-corrected chi connectivity index (χ3v) is 3.35. The van der Waals surface area contributed by atoms with Crippen LogP contribution in [0.1, 0.15) is 49.2 Å². The van der Waals surface area contributed by atoms with Gasteiger partial charge in [0.25, 0.3) is 5.91 Å². The minimum absolute atomic E-state index is 0.0409. The molecule has 3 N–H and O–H groups in total. The highest BCUT2D eigenvalue weighted by molar-refractivity contribution is 5.95. The Labute approximate surface area is 108 Å². The molecule has 1 aromatic heterocycles. The number of pyridine rings is 1. The van der Waals surface area contributed by atoms with E-state index in [0.717, 1.165) is 18.5 Å². The molecule has 1 heterocycles. The van der Waals surface area contributed by atoms with Gasteiger partial charge in [0.2, 0.25) is 0 Å². The summed E-state index contributed by atoms with van der Waals surface area (Å²) >= 11 is 0. The van der Waals surface area contributed by atoms with Crippen LogP contribution in [0.4, 0.5) is 5.82 Å². The predicted octanol–water partition coefficient (Wildman–Crippen LogP) is 2.14. The molecule has 4 heteroatoms. The van der Waals surface area contributed by atoms with E-state index in [1.54, 1.807) is 6.07 Å². The van der Waals surface area contributed by atoms with Crippen molar-refractivity contribution in [1.29, 1.82) is 0 Å². The first-order valence-corrected chi connectivity index (χ1v) is 6.67. The lowest BCUT2D eigenvalue weighted by atomic mass is 10.1. The Morgan fingerprint density at radius 1 is 1.56 bits per heavy atom. The van der Waals surface area contributed by atoms with Crippen LogP contribution in [-0.2, 0) is 6.42 Å². The van der Waals surface area contributed by atoms with E-state index in [1.807, 2.05) is 6.07 Å². The average molecular weight is 247 g/mol. The van der Waals surface area contributed by atoms with E-state index >= 15 is 0 Å². The maximum Gasteiger partial charge on any atom is 0.251 e. The lowest BCUT2D eigenvalue weighted by molar-refractivity contribution is 0.0935. The number of hydrogen-bond acceptors (Lipinski definition) is 3. The predicted molar refractivity (Wildman–Crippen MR) is 72.3 cm³/mol. The van der Waals surface area contributed by atoms with Crippen LogP contribution in [0.3, 0.4) is 0 Å². The Bertz CT molecular complexity index is 441. The standard InChI is InChI=1S/C14H21N3O/c1-3-4-12-7-11(8-13(15)17-12)14(18)16-9(2)10-5-6-10/h7-10H,3-6H2,1-2H3,(H2,15,17)(H,16,18). The summed E-state index contributed by atoms with van der Waals surface area (Å²) in [6.07, 6.45) is 4.29. The van der Waals surface area contributed by atoms with Gasteiger partial charge in [0.1, 0.15) is 5.82 Å². The van der Waals surface area contributed by atoms with E-state index in [-0.39, 0.29) is 11.9 Å². The Balaban J connectivity index is 2.08. The van der Waals surface area contributed by atoms with Crippen molar-refractivity contribution in [3.63, 3.8) is 0 Å². The molecule has 0 saturated heterocycles. The molecule has 18 heavy (non-hydrogen) atoms. The number of anilines is 1. The summed E-state index contributed by atoms with van der Waals surface area (Å²) in [5.74, 6) is 1.04. The van der Waals surface area contributed by atoms with Gasteiger partial charge in [-0.3, -0.25) is 4.79 Å². The molecule has 1 saturated carbocycles. The number of aryl methyl sites for hydroxylation is 1. The largest absolute Gasteiger partial charge is 0.384 e. The third-order valence-electron chi connectivity index (χ3n) is 3.35. The van der Waals surface area contributed by atoms with Gasteiger partial charge in [-0.15, -0.1) is 0 Å². The molecular weight excluding hydrogens is 226 g/mol. The van der Waals surface area contributed by atoms with E-state index in [2.05, 4.69) is 24.1 Å². The van der Waals surface area contributed by atoms with E-state index < -0.39 is 0 Å². The van der Waals surface area contributed by atoms with Crippen molar-refractivity contribution in [1.82, 2.24) is 10.3 Å². The Hall–Kier alpha value is -1.58. The molecule has 0 aliphatic heterocycles. The van der Waals surface area contributed by atoms with Crippen LogP contribution in [0, 0.1) is 5.92 Å². The summed E-state index contributed by atoms with van der Waals surface area (Å²) in [5, 5.41) is 3.03. The zero-order valence-corrected chi connectivity index (χ0v) is 11.1. The van der Waals surface area contributed by atoms with Crippen molar-refractivity contribution in [2.75, 3.05) is 5.73 Å². The van der Waals surface area contributed by atoms with Crippen LogP contribution in [0.25, 0.3) is 0 Å². The van der Waals surface area contributed by atoms with Gasteiger partial charge in [-0.2, -0.15) is 0 Å². The molecule has 1 aliphatic rings. The highest BCUT2D eigenvalue weighted by atomic mass is 16.1. The topological polar surface area (TPSA) is 68.0 Å².